The van der Waals surface area contributed by atoms with Gasteiger partial charge >= 0.3 is 0 Å². The molecular formula is C11H15NO3. The molecule has 0 fully saturated rings. The van der Waals surface area contributed by atoms with Crippen molar-refractivity contribution in [3.8, 4) is 5.75 Å². The Kier molecular flexibility index (Phi) is 4.12. The van der Waals surface area contributed by atoms with Gasteiger partial charge in [0.1, 0.15) is 11.8 Å². The Morgan fingerprint density at radius 3 is 2.93 bits per heavy atom. The van der Waals surface area contributed by atoms with Gasteiger partial charge in [-0.2, -0.15) is 0 Å². The van der Waals surface area contributed by atoms with Crippen molar-refractivity contribution in [1.82, 2.24) is 0 Å². The Morgan fingerprint density at radius 2 is 2.33 bits per heavy atom. The zero-order valence-corrected chi connectivity index (χ0v) is 8.73. The summed E-state index contributed by atoms with van der Waals surface area (Å²) in [5.74, 6) is -0.348. The van der Waals surface area contributed by atoms with Crippen molar-refractivity contribution in [3.05, 3.63) is 29.8 Å². The molecule has 0 aliphatic carbocycles. The number of carboxylic acid groups (broad SMARTS) is 1. The van der Waals surface area contributed by atoms with Gasteiger partial charge in [0.15, 0.2) is 0 Å². The maximum atomic E-state index is 10.4. The zero-order valence-electron chi connectivity index (χ0n) is 8.73. The largest absolute Gasteiger partial charge is 0.550 e. The number of hydrogen-bond acceptors (Lipinski definition) is 3. The summed E-state index contributed by atoms with van der Waals surface area (Å²) in [5.41, 5.74) is 4.63. The van der Waals surface area contributed by atoms with Crippen LogP contribution in [0.5, 0.6) is 5.75 Å². The van der Waals surface area contributed by atoms with Gasteiger partial charge in [-0.15, -0.1) is 0 Å². The van der Waals surface area contributed by atoms with E-state index in [0.717, 1.165) is 11.3 Å². The van der Waals surface area contributed by atoms with Crippen LogP contribution in [0, 0.1) is 0 Å². The maximum absolute atomic E-state index is 10.4. The lowest BCUT2D eigenvalue weighted by molar-refractivity contribution is -0.430. The molecule has 1 aromatic carbocycles. The third-order valence-corrected chi connectivity index (χ3v) is 2.05. The van der Waals surface area contributed by atoms with Gasteiger partial charge < -0.3 is 20.4 Å². The summed E-state index contributed by atoms with van der Waals surface area (Å²) in [6.45, 7) is 2.49. The number of carbonyl (C=O) groups is 1. The summed E-state index contributed by atoms with van der Waals surface area (Å²) < 4.78 is 5.31. The van der Waals surface area contributed by atoms with E-state index in [1.165, 1.54) is 0 Å². The molecule has 3 N–H and O–H groups in total. The topological polar surface area (TPSA) is 77.0 Å². The number of rotatable bonds is 5. The predicted molar refractivity (Wildman–Crippen MR) is 52.9 cm³/mol. The lowest BCUT2D eigenvalue weighted by Gasteiger charge is -2.11. The highest BCUT2D eigenvalue weighted by atomic mass is 16.5. The summed E-state index contributed by atoms with van der Waals surface area (Å²) in [6.07, 6.45) is -0.0738. The molecule has 1 rings (SSSR count). The number of carboxylic acids is 1. The summed E-state index contributed by atoms with van der Waals surface area (Å²) in [7, 11) is 0. The zero-order chi connectivity index (χ0) is 11.3. The first kappa shape index (κ1) is 11.5. The predicted octanol–water partition coefficient (Wildman–Crippen LogP) is -0.492. The molecule has 0 aliphatic rings. The van der Waals surface area contributed by atoms with Crippen molar-refractivity contribution in [1.29, 1.82) is 0 Å². The molecule has 1 unspecified atom stereocenters. The van der Waals surface area contributed by atoms with E-state index < -0.39 is 5.97 Å². The number of ether oxygens (including phenoxy) is 1. The molecule has 4 nitrogen and oxygen atoms in total. The van der Waals surface area contributed by atoms with Crippen molar-refractivity contribution < 1.29 is 20.4 Å². The van der Waals surface area contributed by atoms with E-state index in [1.807, 2.05) is 31.2 Å². The van der Waals surface area contributed by atoms with Crippen LogP contribution < -0.4 is 15.6 Å². The number of quaternary nitrogens is 1. The average Bonchev–Trinajstić information content (AvgIpc) is 2.17. The SMILES string of the molecule is CCOc1cccc(C([NH3+])CC(=O)[O-])c1. The third kappa shape index (κ3) is 3.59. The molecule has 0 saturated heterocycles. The molecule has 0 aliphatic heterocycles. The fourth-order valence-electron chi connectivity index (χ4n) is 1.34. The second kappa shape index (κ2) is 5.36. The molecule has 0 spiro atoms. The number of benzene rings is 1. The van der Waals surface area contributed by atoms with Gasteiger partial charge in [-0.1, -0.05) is 12.1 Å². The Bertz CT molecular complexity index is 338. The average molecular weight is 209 g/mol. The minimum absolute atomic E-state index is 0.0738. The normalized spacial score (nSPS) is 12.1. The van der Waals surface area contributed by atoms with Gasteiger partial charge in [0.25, 0.3) is 0 Å². The summed E-state index contributed by atoms with van der Waals surface area (Å²) in [5, 5.41) is 10.4. The molecule has 0 bridgehead atoms. The molecular weight excluding hydrogens is 194 g/mol. The van der Waals surface area contributed by atoms with E-state index in [-0.39, 0.29) is 12.5 Å². The highest BCUT2D eigenvalue weighted by Gasteiger charge is 2.10. The van der Waals surface area contributed by atoms with Crippen molar-refractivity contribution in [2.45, 2.75) is 19.4 Å². The molecule has 0 heterocycles. The van der Waals surface area contributed by atoms with Crippen molar-refractivity contribution in [2.75, 3.05) is 6.61 Å². The second-order valence-electron chi connectivity index (χ2n) is 3.28. The number of aliphatic carboxylic acids is 1. The monoisotopic (exact) mass is 209 g/mol. The minimum atomic E-state index is -1.09. The first-order valence-corrected chi connectivity index (χ1v) is 4.89. The molecule has 0 aromatic heterocycles. The number of carbonyl (C=O) groups excluding carboxylic acids is 1. The smallest absolute Gasteiger partial charge is 0.119 e. The third-order valence-electron chi connectivity index (χ3n) is 2.05. The Balaban J connectivity index is 2.75. The van der Waals surface area contributed by atoms with E-state index >= 15 is 0 Å². The van der Waals surface area contributed by atoms with Crippen LogP contribution in [0.15, 0.2) is 24.3 Å². The van der Waals surface area contributed by atoms with Crippen LogP contribution in [-0.2, 0) is 4.79 Å². The van der Waals surface area contributed by atoms with Crippen LogP contribution in [-0.4, -0.2) is 12.6 Å². The van der Waals surface area contributed by atoms with Crippen LogP contribution >= 0.6 is 0 Å². The molecule has 0 amide bonds. The maximum Gasteiger partial charge on any atom is 0.119 e. The van der Waals surface area contributed by atoms with Gasteiger partial charge in [0.2, 0.25) is 0 Å². The molecule has 1 aromatic rings. The van der Waals surface area contributed by atoms with Crippen molar-refractivity contribution in [2.24, 2.45) is 0 Å². The summed E-state index contributed by atoms with van der Waals surface area (Å²) in [6, 6.07) is 7.01. The highest BCUT2D eigenvalue weighted by molar-refractivity contribution is 5.65. The van der Waals surface area contributed by atoms with E-state index in [4.69, 9.17) is 4.74 Å². The minimum Gasteiger partial charge on any atom is -0.550 e. The van der Waals surface area contributed by atoms with E-state index in [9.17, 15) is 9.90 Å². The van der Waals surface area contributed by atoms with E-state index in [2.05, 4.69) is 5.73 Å². The van der Waals surface area contributed by atoms with E-state index in [1.54, 1.807) is 0 Å². The fourth-order valence-corrected chi connectivity index (χ4v) is 1.34. The van der Waals surface area contributed by atoms with Gasteiger partial charge in [-0.3, -0.25) is 0 Å². The lowest BCUT2D eigenvalue weighted by atomic mass is 10.0. The fraction of sp³-hybridized carbons (Fsp3) is 0.364. The van der Waals surface area contributed by atoms with Crippen molar-refractivity contribution >= 4 is 5.97 Å². The van der Waals surface area contributed by atoms with Gasteiger partial charge in [-0.05, 0) is 19.1 Å². The lowest BCUT2D eigenvalue weighted by Crippen LogP contribution is -2.55. The highest BCUT2D eigenvalue weighted by Crippen LogP contribution is 2.18. The Hall–Kier alpha value is -1.55. The standard InChI is InChI=1S/C11H15NO3/c1-2-15-9-5-3-4-8(6-9)10(12)7-11(13)14/h3-6,10H,2,7,12H2,1H3,(H,13,14). The molecule has 1 atom stereocenters. The summed E-state index contributed by atoms with van der Waals surface area (Å²) >= 11 is 0. The molecule has 0 saturated carbocycles. The van der Waals surface area contributed by atoms with Crippen LogP contribution in [0.4, 0.5) is 0 Å². The molecule has 0 radical (unpaired) electrons. The van der Waals surface area contributed by atoms with Gasteiger partial charge in [-0.25, -0.2) is 0 Å². The van der Waals surface area contributed by atoms with Crippen LogP contribution in [0.3, 0.4) is 0 Å². The van der Waals surface area contributed by atoms with Crippen LogP contribution in [0.25, 0.3) is 0 Å². The van der Waals surface area contributed by atoms with Crippen LogP contribution in [0.2, 0.25) is 0 Å². The molecule has 4 heteroatoms. The van der Waals surface area contributed by atoms with Crippen LogP contribution in [0.1, 0.15) is 24.9 Å². The van der Waals surface area contributed by atoms with Gasteiger partial charge in [0, 0.05) is 18.0 Å². The quantitative estimate of drug-likeness (QED) is 0.710. The van der Waals surface area contributed by atoms with Gasteiger partial charge in [0.05, 0.1) is 6.61 Å². The molecule has 82 valence electrons. The Morgan fingerprint density at radius 1 is 1.60 bits per heavy atom. The summed E-state index contributed by atoms with van der Waals surface area (Å²) in [4.78, 5) is 10.4. The van der Waals surface area contributed by atoms with Crippen molar-refractivity contribution in [3.63, 3.8) is 0 Å². The number of hydrogen-bond donors (Lipinski definition) is 1. The first-order chi connectivity index (χ1) is 7.13. The molecule has 15 heavy (non-hydrogen) atoms. The second-order valence-corrected chi connectivity index (χ2v) is 3.28. The first-order valence-electron chi connectivity index (χ1n) is 4.89. The Labute approximate surface area is 88.7 Å². The van der Waals surface area contributed by atoms with E-state index in [0.29, 0.717) is 6.61 Å².